The summed E-state index contributed by atoms with van der Waals surface area (Å²) in [5.41, 5.74) is 1.20. The van der Waals surface area contributed by atoms with Gasteiger partial charge in [0.25, 0.3) is 0 Å². The lowest BCUT2D eigenvalue weighted by Gasteiger charge is -2.20. The van der Waals surface area contributed by atoms with Gasteiger partial charge in [-0.15, -0.1) is 12.4 Å². The quantitative estimate of drug-likeness (QED) is 0.695. The van der Waals surface area contributed by atoms with Crippen LogP contribution in [0.2, 0.25) is 0 Å². The molecule has 0 N–H and O–H groups in total. The van der Waals surface area contributed by atoms with Crippen molar-refractivity contribution in [2.45, 2.75) is 31.6 Å². The van der Waals surface area contributed by atoms with Crippen molar-refractivity contribution < 1.29 is 4.79 Å². The Morgan fingerprint density at radius 3 is 2.43 bits per heavy atom. The van der Waals surface area contributed by atoms with E-state index in [1.54, 1.807) is 0 Å². The van der Waals surface area contributed by atoms with Crippen LogP contribution in [-0.2, 0) is 4.79 Å². The van der Waals surface area contributed by atoms with Crippen LogP contribution < -0.4 is 0 Å². The van der Waals surface area contributed by atoms with Crippen LogP contribution in [0.1, 0.15) is 37.2 Å². The standard InChI is InChI=1S/C12H14O.ClH/c13-12-9-5-4-8-11(12)10-6-2-1-3-7-10;/h1-3,6-7,11H,4-5,8-9H2;1H. The molecule has 0 bridgehead atoms. The summed E-state index contributed by atoms with van der Waals surface area (Å²) in [7, 11) is 0. The van der Waals surface area contributed by atoms with Crippen LogP contribution in [0.3, 0.4) is 0 Å². The summed E-state index contributed by atoms with van der Waals surface area (Å²) < 4.78 is 0. The van der Waals surface area contributed by atoms with Gasteiger partial charge in [0, 0.05) is 12.3 Å². The molecule has 2 rings (SSSR count). The molecule has 1 atom stereocenters. The van der Waals surface area contributed by atoms with Crippen LogP contribution in [-0.4, -0.2) is 5.78 Å². The molecule has 2 heteroatoms. The Bertz CT molecular complexity index is 294. The molecule has 0 aliphatic heterocycles. The average molecular weight is 211 g/mol. The van der Waals surface area contributed by atoms with Gasteiger partial charge in [0.05, 0.1) is 0 Å². The van der Waals surface area contributed by atoms with E-state index in [1.807, 2.05) is 18.2 Å². The maximum Gasteiger partial charge on any atom is 0.140 e. The predicted octanol–water partition coefficient (Wildman–Crippen LogP) is 3.34. The zero-order valence-corrected chi connectivity index (χ0v) is 8.93. The number of ketones is 1. The minimum Gasteiger partial charge on any atom is -0.299 e. The van der Waals surface area contributed by atoms with Crippen molar-refractivity contribution >= 4 is 18.2 Å². The molecule has 0 saturated heterocycles. The summed E-state index contributed by atoms with van der Waals surface area (Å²) in [4.78, 5) is 11.6. The summed E-state index contributed by atoms with van der Waals surface area (Å²) >= 11 is 0. The topological polar surface area (TPSA) is 17.1 Å². The number of benzene rings is 1. The van der Waals surface area contributed by atoms with E-state index in [1.165, 1.54) is 12.0 Å². The van der Waals surface area contributed by atoms with E-state index in [0.717, 1.165) is 19.3 Å². The lowest BCUT2D eigenvalue weighted by molar-refractivity contribution is -0.121. The number of hydrogen-bond donors (Lipinski definition) is 0. The lowest BCUT2D eigenvalue weighted by Crippen LogP contribution is -2.16. The van der Waals surface area contributed by atoms with Crippen LogP contribution in [0.25, 0.3) is 0 Å². The van der Waals surface area contributed by atoms with Crippen molar-refractivity contribution in [2.24, 2.45) is 0 Å². The van der Waals surface area contributed by atoms with Crippen LogP contribution >= 0.6 is 12.4 Å². The molecule has 0 aromatic heterocycles. The molecule has 1 saturated carbocycles. The van der Waals surface area contributed by atoms with E-state index < -0.39 is 0 Å². The highest BCUT2D eigenvalue weighted by Gasteiger charge is 2.22. The van der Waals surface area contributed by atoms with E-state index in [4.69, 9.17) is 0 Å². The first kappa shape index (κ1) is 11.3. The molecule has 1 unspecified atom stereocenters. The number of rotatable bonds is 1. The van der Waals surface area contributed by atoms with Gasteiger partial charge in [0.1, 0.15) is 5.78 Å². The van der Waals surface area contributed by atoms with Gasteiger partial charge >= 0.3 is 0 Å². The van der Waals surface area contributed by atoms with Crippen LogP contribution in [0.15, 0.2) is 30.3 Å². The molecule has 0 heterocycles. The zero-order chi connectivity index (χ0) is 9.10. The van der Waals surface area contributed by atoms with E-state index >= 15 is 0 Å². The third-order valence-electron chi connectivity index (χ3n) is 2.76. The fraction of sp³-hybridized carbons (Fsp3) is 0.417. The highest BCUT2D eigenvalue weighted by Crippen LogP contribution is 2.29. The second-order valence-electron chi connectivity index (χ2n) is 3.68. The summed E-state index contributed by atoms with van der Waals surface area (Å²) in [5, 5.41) is 0. The minimum atomic E-state index is 0. The maximum absolute atomic E-state index is 11.6. The number of carbonyl (C=O) groups excluding carboxylic acids is 1. The molecule has 14 heavy (non-hydrogen) atoms. The second-order valence-corrected chi connectivity index (χ2v) is 3.68. The Labute approximate surface area is 90.9 Å². The van der Waals surface area contributed by atoms with Crippen molar-refractivity contribution in [3.05, 3.63) is 35.9 Å². The fourth-order valence-electron chi connectivity index (χ4n) is 2.02. The van der Waals surface area contributed by atoms with Gasteiger partial charge in [-0.3, -0.25) is 4.79 Å². The van der Waals surface area contributed by atoms with Crippen molar-refractivity contribution in [1.29, 1.82) is 0 Å². The van der Waals surface area contributed by atoms with Gasteiger partial charge in [-0.05, 0) is 18.4 Å². The average Bonchev–Trinajstić information content (AvgIpc) is 2.20. The van der Waals surface area contributed by atoms with E-state index in [-0.39, 0.29) is 18.3 Å². The molecule has 1 aromatic carbocycles. The largest absolute Gasteiger partial charge is 0.299 e. The third-order valence-corrected chi connectivity index (χ3v) is 2.76. The van der Waals surface area contributed by atoms with Gasteiger partial charge < -0.3 is 0 Å². The van der Waals surface area contributed by atoms with E-state index in [2.05, 4.69) is 12.1 Å². The van der Waals surface area contributed by atoms with Crippen LogP contribution in [0, 0.1) is 0 Å². The zero-order valence-electron chi connectivity index (χ0n) is 8.11. The maximum atomic E-state index is 11.6. The Balaban J connectivity index is 0.000000980. The van der Waals surface area contributed by atoms with E-state index in [0.29, 0.717) is 5.78 Å². The van der Waals surface area contributed by atoms with Gasteiger partial charge in [0.2, 0.25) is 0 Å². The molecular formula is C12H15ClO. The molecule has 0 amide bonds. The Kier molecular flexibility index (Phi) is 4.15. The fourth-order valence-corrected chi connectivity index (χ4v) is 2.02. The molecular weight excluding hydrogens is 196 g/mol. The summed E-state index contributed by atoms with van der Waals surface area (Å²) in [6.07, 6.45) is 4.11. The predicted molar refractivity (Wildman–Crippen MR) is 59.9 cm³/mol. The first-order chi connectivity index (χ1) is 6.38. The van der Waals surface area contributed by atoms with Crippen molar-refractivity contribution in [3.8, 4) is 0 Å². The third kappa shape index (κ3) is 2.36. The normalized spacial score (nSPS) is 21.4. The van der Waals surface area contributed by atoms with Crippen molar-refractivity contribution in [1.82, 2.24) is 0 Å². The minimum absolute atomic E-state index is 0. The monoisotopic (exact) mass is 210 g/mol. The highest BCUT2D eigenvalue weighted by molar-refractivity contribution is 5.86. The first-order valence-electron chi connectivity index (χ1n) is 4.95. The summed E-state index contributed by atoms with van der Waals surface area (Å²) in [6.45, 7) is 0. The van der Waals surface area contributed by atoms with Crippen molar-refractivity contribution in [3.63, 3.8) is 0 Å². The second kappa shape index (κ2) is 5.16. The Hall–Kier alpha value is -0.820. The van der Waals surface area contributed by atoms with Gasteiger partial charge in [0.15, 0.2) is 0 Å². The number of hydrogen-bond acceptors (Lipinski definition) is 1. The molecule has 1 aromatic rings. The van der Waals surface area contributed by atoms with E-state index in [9.17, 15) is 4.79 Å². The molecule has 1 aliphatic rings. The van der Waals surface area contributed by atoms with Gasteiger partial charge in [-0.25, -0.2) is 0 Å². The van der Waals surface area contributed by atoms with Crippen LogP contribution in [0.4, 0.5) is 0 Å². The molecule has 0 radical (unpaired) electrons. The molecule has 0 spiro atoms. The van der Waals surface area contributed by atoms with Crippen LogP contribution in [0.5, 0.6) is 0 Å². The lowest BCUT2D eigenvalue weighted by atomic mass is 9.83. The van der Waals surface area contributed by atoms with Gasteiger partial charge in [-0.1, -0.05) is 36.8 Å². The molecule has 1 nitrogen and oxygen atoms in total. The first-order valence-corrected chi connectivity index (χ1v) is 4.95. The smallest absolute Gasteiger partial charge is 0.140 e. The molecule has 76 valence electrons. The van der Waals surface area contributed by atoms with Crippen molar-refractivity contribution in [2.75, 3.05) is 0 Å². The number of Topliss-reactive ketones (excluding diaryl/α,β-unsaturated/α-hetero) is 1. The Morgan fingerprint density at radius 2 is 1.79 bits per heavy atom. The van der Waals surface area contributed by atoms with Gasteiger partial charge in [-0.2, -0.15) is 0 Å². The Morgan fingerprint density at radius 1 is 1.07 bits per heavy atom. The number of halogens is 1. The summed E-state index contributed by atoms with van der Waals surface area (Å²) in [6, 6.07) is 10.1. The SMILES string of the molecule is Cl.O=C1CCCCC1c1ccccc1. The summed E-state index contributed by atoms with van der Waals surface area (Å²) in [5.74, 6) is 0.618. The molecule has 1 aliphatic carbocycles. The highest BCUT2D eigenvalue weighted by atomic mass is 35.5. The molecule has 1 fully saturated rings. The number of carbonyl (C=O) groups is 1.